The lowest BCUT2D eigenvalue weighted by atomic mass is 10.1. The minimum Gasteiger partial charge on any atom is -0.497 e. The molecule has 0 spiro atoms. The van der Waals surface area contributed by atoms with E-state index >= 15 is 0 Å². The Bertz CT molecular complexity index is 1760. The normalized spacial score (nSPS) is 14.0. The zero-order valence-electron chi connectivity index (χ0n) is 28.2. The molecule has 0 amide bonds. The highest BCUT2D eigenvalue weighted by molar-refractivity contribution is 7.90. The van der Waals surface area contributed by atoms with Crippen molar-refractivity contribution in [1.82, 2.24) is 19.9 Å². The first-order valence-electron chi connectivity index (χ1n) is 15.8. The average Bonchev–Trinajstić information content (AvgIpc) is 3.52. The molecule has 0 saturated carbocycles. The Balaban J connectivity index is 1.37. The summed E-state index contributed by atoms with van der Waals surface area (Å²) in [6, 6.07) is 10.9. The maximum absolute atomic E-state index is 11.6. The number of ether oxygens (including phenoxy) is 5. The maximum atomic E-state index is 11.6. The highest BCUT2D eigenvalue weighted by atomic mass is 32.2. The van der Waals surface area contributed by atoms with Crippen molar-refractivity contribution in [3.63, 3.8) is 0 Å². The molecule has 0 unspecified atom stereocenters. The highest BCUT2D eigenvalue weighted by Gasteiger charge is 2.25. The van der Waals surface area contributed by atoms with Gasteiger partial charge in [-0.15, -0.1) is 0 Å². The number of aryl methyl sites for hydroxylation is 1. The topological polar surface area (TPSA) is 147 Å². The minimum absolute atomic E-state index is 0.0700. The van der Waals surface area contributed by atoms with Crippen molar-refractivity contribution >= 4 is 21.5 Å². The van der Waals surface area contributed by atoms with Crippen molar-refractivity contribution in [2.24, 2.45) is 0 Å². The summed E-state index contributed by atoms with van der Waals surface area (Å²) in [5, 5.41) is 3.26. The molecule has 3 heterocycles. The van der Waals surface area contributed by atoms with Gasteiger partial charge in [-0.1, -0.05) is 6.92 Å². The molecule has 14 heteroatoms. The number of likely N-dealkylation sites (tertiary alicyclic amines) is 1. The third kappa shape index (κ3) is 8.66. The van der Waals surface area contributed by atoms with Crippen molar-refractivity contribution in [3.05, 3.63) is 48.5 Å². The second-order valence-corrected chi connectivity index (χ2v) is 13.8. The van der Waals surface area contributed by atoms with Gasteiger partial charge in [0.2, 0.25) is 11.7 Å². The number of anilines is 2. The van der Waals surface area contributed by atoms with E-state index in [0.717, 1.165) is 37.9 Å². The Morgan fingerprint density at radius 1 is 0.938 bits per heavy atom. The summed E-state index contributed by atoms with van der Waals surface area (Å²) in [5.74, 6) is 4.31. The summed E-state index contributed by atoms with van der Waals surface area (Å²) < 4.78 is 58.2. The first-order valence-corrected chi connectivity index (χ1v) is 17.8. The van der Waals surface area contributed by atoms with Crippen LogP contribution in [0.3, 0.4) is 0 Å². The standard InChI is InChI=1S/C34H43N5O8S/c1-7-8-30-38-31(22-17-25(42-2)21-26(18-22)43-3)32(47-30)27-9-12-35-34(37-27)36-23-19-28(44-4)33(29(20-23)45-5)46-24-10-13-39(14-11-24)15-16-48(6,40)41/h9,12,17-21,24H,7-8,10-11,13-16H2,1-6H3,(H,35,36,37). The molecule has 1 aliphatic heterocycles. The predicted octanol–water partition coefficient (Wildman–Crippen LogP) is 5.42. The first-order chi connectivity index (χ1) is 23.1. The molecule has 1 saturated heterocycles. The molecule has 48 heavy (non-hydrogen) atoms. The molecule has 258 valence electrons. The quantitative estimate of drug-likeness (QED) is 0.171. The number of aromatic nitrogens is 3. The lowest BCUT2D eigenvalue weighted by Gasteiger charge is -2.32. The molecule has 1 fully saturated rings. The Morgan fingerprint density at radius 3 is 2.19 bits per heavy atom. The predicted molar refractivity (Wildman–Crippen MR) is 183 cm³/mol. The van der Waals surface area contributed by atoms with Gasteiger partial charge >= 0.3 is 0 Å². The Kier molecular flexibility index (Phi) is 11.3. The summed E-state index contributed by atoms with van der Waals surface area (Å²) in [7, 11) is 3.35. The molecule has 4 aromatic rings. The van der Waals surface area contributed by atoms with Gasteiger partial charge in [0.25, 0.3) is 0 Å². The van der Waals surface area contributed by atoms with E-state index in [0.29, 0.717) is 76.4 Å². The SMILES string of the molecule is CCCc1nc(-c2cc(OC)cc(OC)c2)c(-c2ccnc(Nc3cc(OC)c(OC4CCN(CCS(C)(=O)=O)CC4)c(OC)c3)n2)o1. The van der Waals surface area contributed by atoms with Crippen LogP contribution in [0.25, 0.3) is 22.7 Å². The number of piperidine rings is 1. The fourth-order valence-electron chi connectivity index (χ4n) is 5.45. The lowest BCUT2D eigenvalue weighted by Crippen LogP contribution is -2.40. The van der Waals surface area contributed by atoms with Crippen LogP contribution in [-0.4, -0.2) is 94.5 Å². The number of sulfone groups is 1. The third-order valence-corrected chi connectivity index (χ3v) is 8.89. The van der Waals surface area contributed by atoms with Crippen molar-refractivity contribution in [2.75, 3.05) is 65.4 Å². The molecule has 0 bridgehead atoms. The number of methoxy groups -OCH3 is 4. The van der Waals surface area contributed by atoms with E-state index in [1.165, 1.54) is 6.26 Å². The van der Waals surface area contributed by atoms with Gasteiger partial charge in [0.1, 0.15) is 38.8 Å². The smallest absolute Gasteiger partial charge is 0.227 e. The van der Waals surface area contributed by atoms with Crippen LogP contribution in [0.5, 0.6) is 28.7 Å². The number of rotatable bonds is 15. The number of hydrogen-bond donors (Lipinski definition) is 1. The Morgan fingerprint density at radius 2 is 1.60 bits per heavy atom. The van der Waals surface area contributed by atoms with E-state index in [-0.39, 0.29) is 11.9 Å². The molecule has 2 aromatic carbocycles. The molecule has 1 N–H and O–H groups in total. The van der Waals surface area contributed by atoms with E-state index < -0.39 is 9.84 Å². The van der Waals surface area contributed by atoms with Crippen LogP contribution >= 0.6 is 0 Å². The Hall–Kier alpha value is -4.56. The second-order valence-electron chi connectivity index (χ2n) is 11.5. The van der Waals surface area contributed by atoms with Crippen LogP contribution in [-0.2, 0) is 16.3 Å². The van der Waals surface area contributed by atoms with Crippen LogP contribution in [0.15, 0.2) is 47.0 Å². The fourth-order valence-corrected chi connectivity index (χ4v) is 6.04. The number of benzene rings is 2. The zero-order valence-corrected chi connectivity index (χ0v) is 29.1. The second kappa shape index (κ2) is 15.6. The van der Waals surface area contributed by atoms with Gasteiger partial charge in [-0.2, -0.15) is 0 Å². The van der Waals surface area contributed by atoms with Gasteiger partial charge in [-0.25, -0.2) is 23.4 Å². The highest BCUT2D eigenvalue weighted by Crippen LogP contribution is 2.42. The summed E-state index contributed by atoms with van der Waals surface area (Å²) in [6.07, 6.45) is 5.88. The van der Waals surface area contributed by atoms with Crippen molar-refractivity contribution in [1.29, 1.82) is 0 Å². The molecule has 5 rings (SSSR count). The molecular formula is C34H43N5O8S. The van der Waals surface area contributed by atoms with E-state index in [1.54, 1.807) is 58.9 Å². The summed E-state index contributed by atoms with van der Waals surface area (Å²) in [6.45, 7) is 4.08. The molecule has 0 aliphatic carbocycles. The van der Waals surface area contributed by atoms with Gasteiger partial charge in [0.15, 0.2) is 23.1 Å². The van der Waals surface area contributed by atoms with Gasteiger partial charge < -0.3 is 38.3 Å². The lowest BCUT2D eigenvalue weighted by molar-refractivity contribution is 0.0984. The van der Waals surface area contributed by atoms with Gasteiger partial charge in [-0.05, 0) is 37.5 Å². The average molecular weight is 682 g/mol. The molecule has 0 radical (unpaired) electrons. The largest absolute Gasteiger partial charge is 0.497 e. The van der Waals surface area contributed by atoms with E-state index in [9.17, 15) is 8.42 Å². The molecule has 2 aromatic heterocycles. The van der Waals surface area contributed by atoms with E-state index in [2.05, 4.69) is 22.1 Å². The number of oxazole rings is 1. The summed E-state index contributed by atoms with van der Waals surface area (Å²) >= 11 is 0. The van der Waals surface area contributed by atoms with E-state index in [4.69, 9.17) is 38.1 Å². The number of nitrogens with one attached hydrogen (secondary N) is 1. The monoisotopic (exact) mass is 681 g/mol. The van der Waals surface area contributed by atoms with Crippen molar-refractivity contribution in [3.8, 4) is 51.5 Å². The zero-order chi connectivity index (χ0) is 34.3. The minimum atomic E-state index is -3.00. The molecular weight excluding hydrogens is 638 g/mol. The Labute approximate surface area is 281 Å². The molecule has 13 nitrogen and oxygen atoms in total. The number of nitrogens with zero attached hydrogens (tertiary/aromatic N) is 4. The van der Waals surface area contributed by atoms with Crippen LogP contribution < -0.4 is 29.0 Å². The van der Waals surface area contributed by atoms with Gasteiger partial charge in [0, 0.05) is 68.0 Å². The molecule has 1 aliphatic rings. The van der Waals surface area contributed by atoms with Crippen molar-refractivity contribution < 1.29 is 36.5 Å². The third-order valence-electron chi connectivity index (χ3n) is 7.96. The maximum Gasteiger partial charge on any atom is 0.227 e. The van der Waals surface area contributed by atoms with Crippen LogP contribution in [0.4, 0.5) is 11.6 Å². The molecule has 0 atom stereocenters. The van der Waals surface area contributed by atoms with Crippen LogP contribution in [0.2, 0.25) is 0 Å². The van der Waals surface area contributed by atoms with E-state index in [1.807, 2.05) is 12.1 Å². The first kappa shape index (κ1) is 34.8. The number of hydrogen-bond acceptors (Lipinski definition) is 13. The van der Waals surface area contributed by atoms with Crippen molar-refractivity contribution in [2.45, 2.75) is 38.7 Å². The van der Waals surface area contributed by atoms with Gasteiger partial charge in [-0.3, -0.25) is 0 Å². The summed E-state index contributed by atoms with van der Waals surface area (Å²) in [4.78, 5) is 16.2. The summed E-state index contributed by atoms with van der Waals surface area (Å²) in [5.41, 5.74) is 2.56. The fraction of sp³-hybridized carbons (Fsp3) is 0.441. The van der Waals surface area contributed by atoms with Crippen LogP contribution in [0.1, 0.15) is 32.1 Å². The van der Waals surface area contributed by atoms with Gasteiger partial charge in [0.05, 0.1) is 34.2 Å². The van der Waals surface area contributed by atoms with Crippen LogP contribution in [0, 0.1) is 0 Å².